The number of anilines is 1. The van der Waals surface area contributed by atoms with Crippen molar-refractivity contribution in [2.75, 3.05) is 18.5 Å². The van der Waals surface area contributed by atoms with E-state index in [-0.39, 0.29) is 17.3 Å². The van der Waals surface area contributed by atoms with E-state index < -0.39 is 0 Å². The van der Waals surface area contributed by atoms with E-state index >= 15 is 0 Å². The summed E-state index contributed by atoms with van der Waals surface area (Å²) in [6, 6.07) is 0.322. The average Bonchev–Trinajstić information content (AvgIpc) is 3.26. The van der Waals surface area contributed by atoms with E-state index in [0.29, 0.717) is 12.0 Å². The van der Waals surface area contributed by atoms with Crippen LogP contribution >= 0.6 is 23.1 Å². The molecule has 2 fully saturated rings. The lowest BCUT2D eigenvalue weighted by Crippen LogP contribution is -2.44. The Hall–Kier alpha value is -0.860. The summed E-state index contributed by atoms with van der Waals surface area (Å²) >= 11 is 2.98. The van der Waals surface area contributed by atoms with Crippen molar-refractivity contribution in [2.45, 2.75) is 74.1 Å². The molecule has 0 radical (unpaired) electrons. The second-order valence-corrected chi connectivity index (χ2v) is 9.59. The molecular weight excluding hydrogens is 356 g/mol. The Morgan fingerprint density at radius 3 is 2.92 bits per heavy atom. The maximum atomic E-state index is 12.5. The average molecular weight is 385 g/mol. The summed E-state index contributed by atoms with van der Waals surface area (Å²) in [5, 5.41) is 15.5. The third-order valence-electron chi connectivity index (χ3n) is 5.00. The van der Waals surface area contributed by atoms with Crippen molar-refractivity contribution in [1.29, 1.82) is 0 Å². The number of carbonyl (C=O) groups is 1. The quantitative estimate of drug-likeness (QED) is 0.703. The fourth-order valence-electron chi connectivity index (χ4n) is 3.37. The van der Waals surface area contributed by atoms with E-state index in [1.807, 2.05) is 6.92 Å². The van der Waals surface area contributed by atoms with Crippen LogP contribution in [0.1, 0.15) is 52.4 Å². The molecule has 2 N–H and O–H groups in total. The fraction of sp³-hybridized carbons (Fsp3) is 0.824. The molecule has 6 nitrogen and oxygen atoms in total. The van der Waals surface area contributed by atoms with Gasteiger partial charge in [0.15, 0.2) is 4.34 Å². The van der Waals surface area contributed by atoms with Crippen LogP contribution in [0.2, 0.25) is 0 Å². The first-order valence-electron chi connectivity index (χ1n) is 9.28. The summed E-state index contributed by atoms with van der Waals surface area (Å²) in [7, 11) is 0. The second kappa shape index (κ2) is 9.19. The number of aromatic nitrogens is 2. The van der Waals surface area contributed by atoms with Crippen LogP contribution in [0.3, 0.4) is 0 Å². The summed E-state index contributed by atoms with van der Waals surface area (Å²) in [5.74, 6) is 0.679. The van der Waals surface area contributed by atoms with Crippen LogP contribution in [0.4, 0.5) is 5.13 Å². The van der Waals surface area contributed by atoms with Gasteiger partial charge in [-0.15, -0.1) is 10.2 Å². The Balaban J connectivity index is 1.43. The molecule has 1 amide bonds. The molecule has 1 saturated carbocycles. The molecule has 1 aromatic rings. The maximum absolute atomic E-state index is 12.5. The molecule has 4 atom stereocenters. The number of thioether (sulfide) groups is 1. The van der Waals surface area contributed by atoms with Crippen LogP contribution < -0.4 is 10.6 Å². The summed E-state index contributed by atoms with van der Waals surface area (Å²) < 4.78 is 6.42. The first-order valence-corrected chi connectivity index (χ1v) is 11.0. The van der Waals surface area contributed by atoms with Gasteiger partial charge in [0.1, 0.15) is 0 Å². The number of ether oxygens (including phenoxy) is 1. The second-order valence-electron chi connectivity index (χ2n) is 7.03. The monoisotopic (exact) mass is 384 g/mol. The molecule has 2 aliphatic rings. The SMILES string of the molecule is CC(Sc1nnc(NCC2CCCO2)s1)C(=O)NC1CCCCC1C. The van der Waals surface area contributed by atoms with Crippen LogP contribution in [0.25, 0.3) is 0 Å². The Morgan fingerprint density at radius 1 is 1.32 bits per heavy atom. The molecular formula is C17H28N4O2S2. The van der Waals surface area contributed by atoms with Gasteiger partial charge in [0, 0.05) is 19.2 Å². The highest BCUT2D eigenvalue weighted by molar-refractivity contribution is 8.02. The van der Waals surface area contributed by atoms with Crippen molar-refractivity contribution in [2.24, 2.45) is 5.92 Å². The normalized spacial score (nSPS) is 27.8. The van der Waals surface area contributed by atoms with Crippen molar-refractivity contribution in [1.82, 2.24) is 15.5 Å². The molecule has 8 heteroatoms. The number of nitrogens with zero attached hydrogens (tertiary/aromatic N) is 2. The molecule has 4 unspecified atom stereocenters. The van der Waals surface area contributed by atoms with Crippen molar-refractivity contribution < 1.29 is 9.53 Å². The molecule has 1 aliphatic carbocycles. The highest BCUT2D eigenvalue weighted by atomic mass is 32.2. The van der Waals surface area contributed by atoms with Crippen molar-refractivity contribution in [3.8, 4) is 0 Å². The third-order valence-corrected chi connectivity index (χ3v) is 7.06. The van der Waals surface area contributed by atoms with Gasteiger partial charge in [0.25, 0.3) is 0 Å². The highest BCUT2D eigenvalue weighted by Gasteiger charge is 2.26. The van der Waals surface area contributed by atoms with E-state index in [1.165, 1.54) is 42.4 Å². The minimum atomic E-state index is -0.159. The van der Waals surface area contributed by atoms with Gasteiger partial charge < -0.3 is 15.4 Å². The number of rotatable bonds is 7. The lowest BCUT2D eigenvalue weighted by molar-refractivity contribution is -0.121. The van der Waals surface area contributed by atoms with Crippen LogP contribution in [0.15, 0.2) is 4.34 Å². The fourth-order valence-corrected chi connectivity index (χ4v) is 5.28. The van der Waals surface area contributed by atoms with Gasteiger partial charge in [-0.1, -0.05) is 42.9 Å². The predicted molar refractivity (Wildman–Crippen MR) is 102 cm³/mol. The van der Waals surface area contributed by atoms with Crippen molar-refractivity contribution >= 4 is 34.1 Å². The summed E-state index contributed by atoms with van der Waals surface area (Å²) in [6.45, 7) is 5.80. The molecule has 1 aliphatic heterocycles. The summed E-state index contributed by atoms with van der Waals surface area (Å²) in [6.07, 6.45) is 7.32. The minimum absolute atomic E-state index is 0.104. The molecule has 140 valence electrons. The van der Waals surface area contributed by atoms with E-state index in [9.17, 15) is 4.79 Å². The Labute approximate surface area is 157 Å². The molecule has 25 heavy (non-hydrogen) atoms. The van der Waals surface area contributed by atoms with E-state index in [0.717, 1.165) is 41.9 Å². The number of carbonyl (C=O) groups excluding carboxylic acids is 1. The Kier molecular flexibility index (Phi) is 6.95. The Bertz CT molecular complexity index is 563. The Morgan fingerprint density at radius 2 is 2.16 bits per heavy atom. The summed E-state index contributed by atoms with van der Waals surface area (Å²) in [4.78, 5) is 12.5. The van der Waals surface area contributed by atoms with Crippen LogP contribution in [0.5, 0.6) is 0 Å². The van der Waals surface area contributed by atoms with Gasteiger partial charge in [-0.2, -0.15) is 0 Å². The van der Waals surface area contributed by atoms with Gasteiger partial charge >= 0.3 is 0 Å². The standard InChI is InChI=1S/C17H28N4O2S2/c1-11-6-3-4-8-14(11)19-15(22)12(2)24-17-21-20-16(25-17)18-10-13-7-5-9-23-13/h11-14H,3-10H2,1-2H3,(H,18,20)(H,19,22). The van der Waals surface area contributed by atoms with E-state index in [1.54, 1.807) is 0 Å². The topological polar surface area (TPSA) is 76.1 Å². The molecule has 1 saturated heterocycles. The number of amides is 1. The van der Waals surface area contributed by atoms with Crippen LogP contribution in [-0.2, 0) is 9.53 Å². The molecule has 1 aromatic heterocycles. The lowest BCUT2D eigenvalue weighted by Gasteiger charge is -2.30. The largest absolute Gasteiger partial charge is 0.376 e. The van der Waals surface area contributed by atoms with Crippen molar-refractivity contribution in [3.05, 3.63) is 0 Å². The van der Waals surface area contributed by atoms with Gasteiger partial charge in [0.05, 0.1) is 11.4 Å². The minimum Gasteiger partial charge on any atom is -0.376 e. The van der Waals surface area contributed by atoms with Gasteiger partial charge in [-0.3, -0.25) is 4.79 Å². The number of hydrogen-bond acceptors (Lipinski definition) is 7. The smallest absolute Gasteiger partial charge is 0.233 e. The number of nitrogens with one attached hydrogen (secondary N) is 2. The van der Waals surface area contributed by atoms with Crippen molar-refractivity contribution in [3.63, 3.8) is 0 Å². The zero-order valence-corrected chi connectivity index (χ0v) is 16.6. The highest BCUT2D eigenvalue weighted by Crippen LogP contribution is 2.30. The zero-order valence-electron chi connectivity index (χ0n) is 15.0. The van der Waals surface area contributed by atoms with Gasteiger partial charge in [-0.25, -0.2) is 0 Å². The third kappa shape index (κ3) is 5.56. The molecule has 2 heterocycles. The van der Waals surface area contributed by atoms with E-state index in [2.05, 4.69) is 27.8 Å². The molecule has 0 aromatic carbocycles. The lowest BCUT2D eigenvalue weighted by atomic mass is 9.86. The maximum Gasteiger partial charge on any atom is 0.233 e. The predicted octanol–water partition coefficient (Wildman–Crippen LogP) is 3.30. The van der Waals surface area contributed by atoms with Crippen LogP contribution in [0, 0.1) is 5.92 Å². The first-order chi connectivity index (χ1) is 12.1. The first kappa shape index (κ1) is 18.9. The van der Waals surface area contributed by atoms with Gasteiger partial charge in [0.2, 0.25) is 11.0 Å². The van der Waals surface area contributed by atoms with Crippen LogP contribution in [-0.4, -0.2) is 46.7 Å². The van der Waals surface area contributed by atoms with E-state index in [4.69, 9.17) is 4.74 Å². The zero-order chi connectivity index (χ0) is 17.6. The summed E-state index contributed by atoms with van der Waals surface area (Å²) in [5.41, 5.74) is 0. The molecule has 3 rings (SSSR count). The molecule has 0 bridgehead atoms. The molecule has 0 spiro atoms. The van der Waals surface area contributed by atoms with Gasteiger partial charge in [-0.05, 0) is 38.5 Å². The number of hydrogen-bond donors (Lipinski definition) is 2.